The molecule has 0 saturated heterocycles. The zero-order valence-electron chi connectivity index (χ0n) is 9.77. The smallest absolute Gasteiger partial charge is 0.255 e. The van der Waals surface area contributed by atoms with Crippen LogP contribution in [0.25, 0.3) is 0 Å². The minimum atomic E-state index is -0.760. The number of benzene rings is 2. The lowest BCUT2D eigenvalue weighted by molar-refractivity contribution is 0.102. The molecule has 2 N–H and O–H groups in total. The number of aromatic hydroxyl groups is 1. The zero-order chi connectivity index (χ0) is 13.1. The van der Waals surface area contributed by atoms with E-state index in [1.165, 1.54) is 6.07 Å². The average molecular weight is 245 g/mol. The van der Waals surface area contributed by atoms with E-state index in [9.17, 15) is 14.3 Å². The van der Waals surface area contributed by atoms with E-state index < -0.39 is 11.6 Å². The van der Waals surface area contributed by atoms with Gasteiger partial charge in [0.2, 0.25) is 0 Å². The molecule has 1 amide bonds. The van der Waals surface area contributed by atoms with Crippen molar-refractivity contribution in [1.29, 1.82) is 0 Å². The van der Waals surface area contributed by atoms with Crippen LogP contribution in [0, 0.1) is 12.7 Å². The number of amides is 1. The van der Waals surface area contributed by atoms with Crippen molar-refractivity contribution in [1.82, 2.24) is 0 Å². The van der Waals surface area contributed by atoms with Crippen molar-refractivity contribution in [2.24, 2.45) is 0 Å². The fraction of sp³-hybridized carbons (Fsp3) is 0.0714. The number of phenols is 1. The number of nitrogens with one attached hydrogen (secondary N) is 1. The van der Waals surface area contributed by atoms with E-state index in [1.807, 2.05) is 6.07 Å². The molecule has 2 rings (SSSR count). The van der Waals surface area contributed by atoms with Crippen molar-refractivity contribution in [3.8, 4) is 5.75 Å². The van der Waals surface area contributed by atoms with Crippen molar-refractivity contribution in [2.75, 3.05) is 5.32 Å². The standard InChI is InChI=1S/C14H12FNO2/c1-9-7-13(17)11(15)8-12(9)16-14(18)10-5-3-2-4-6-10/h2-8,17H,1H3,(H,16,18). The molecule has 0 aromatic heterocycles. The molecule has 92 valence electrons. The van der Waals surface area contributed by atoms with Gasteiger partial charge >= 0.3 is 0 Å². The van der Waals surface area contributed by atoms with Crippen LogP contribution in [0.4, 0.5) is 10.1 Å². The molecule has 0 atom stereocenters. The summed E-state index contributed by atoms with van der Waals surface area (Å²) in [6, 6.07) is 11.0. The molecule has 0 aliphatic heterocycles. The molecule has 0 saturated carbocycles. The number of aryl methyl sites for hydroxylation is 1. The summed E-state index contributed by atoms with van der Waals surface area (Å²) in [6.07, 6.45) is 0. The lowest BCUT2D eigenvalue weighted by Gasteiger charge is -2.09. The number of halogens is 1. The van der Waals surface area contributed by atoms with Crippen molar-refractivity contribution in [3.05, 3.63) is 59.4 Å². The van der Waals surface area contributed by atoms with Crippen LogP contribution < -0.4 is 5.32 Å². The van der Waals surface area contributed by atoms with E-state index in [-0.39, 0.29) is 5.91 Å². The first-order chi connectivity index (χ1) is 8.58. The Morgan fingerprint density at radius 3 is 2.56 bits per heavy atom. The van der Waals surface area contributed by atoms with E-state index in [0.29, 0.717) is 16.8 Å². The van der Waals surface area contributed by atoms with E-state index in [0.717, 1.165) is 6.07 Å². The Hall–Kier alpha value is -2.36. The fourth-order valence-electron chi connectivity index (χ4n) is 1.58. The summed E-state index contributed by atoms with van der Waals surface area (Å²) >= 11 is 0. The van der Waals surface area contributed by atoms with Gasteiger partial charge in [-0.1, -0.05) is 18.2 Å². The molecule has 0 unspecified atom stereocenters. The van der Waals surface area contributed by atoms with Crippen molar-refractivity contribution >= 4 is 11.6 Å². The summed E-state index contributed by atoms with van der Waals surface area (Å²) in [5.74, 6) is -1.50. The number of rotatable bonds is 2. The van der Waals surface area contributed by atoms with Crippen molar-refractivity contribution < 1.29 is 14.3 Å². The van der Waals surface area contributed by atoms with Crippen LogP contribution in [0.1, 0.15) is 15.9 Å². The molecule has 3 nitrogen and oxygen atoms in total. The highest BCUT2D eigenvalue weighted by Gasteiger charge is 2.10. The van der Waals surface area contributed by atoms with E-state index in [2.05, 4.69) is 5.32 Å². The summed E-state index contributed by atoms with van der Waals surface area (Å²) in [5.41, 5.74) is 1.43. The van der Waals surface area contributed by atoms with Gasteiger partial charge in [-0.15, -0.1) is 0 Å². The Morgan fingerprint density at radius 1 is 1.22 bits per heavy atom. The summed E-state index contributed by atoms with van der Waals surface area (Å²) in [4.78, 5) is 11.9. The number of hydrogen-bond donors (Lipinski definition) is 2. The monoisotopic (exact) mass is 245 g/mol. The molecule has 2 aromatic rings. The third-order valence-electron chi connectivity index (χ3n) is 2.58. The average Bonchev–Trinajstić information content (AvgIpc) is 2.37. The Morgan fingerprint density at radius 2 is 1.89 bits per heavy atom. The quantitative estimate of drug-likeness (QED) is 0.799. The maximum atomic E-state index is 13.2. The summed E-state index contributed by atoms with van der Waals surface area (Å²) in [7, 11) is 0. The summed E-state index contributed by atoms with van der Waals surface area (Å²) in [6.45, 7) is 1.68. The van der Waals surface area contributed by atoms with E-state index in [1.54, 1.807) is 31.2 Å². The number of anilines is 1. The van der Waals surface area contributed by atoms with Crippen molar-refractivity contribution in [2.45, 2.75) is 6.92 Å². The predicted octanol–water partition coefficient (Wildman–Crippen LogP) is 3.09. The molecule has 0 bridgehead atoms. The maximum absolute atomic E-state index is 13.2. The van der Waals surface area contributed by atoms with Crippen LogP contribution in [0.5, 0.6) is 5.75 Å². The van der Waals surface area contributed by atoms with E-state index >= 15 is 0 Å². The van der Waals surface area contributed by atoms with Crippen LogP contribution >= 0.6 is 0 Å². The molecular weight excluding hydrogens is 233 g/mol. The van der Waals surface area contributed by atoms with E-state index in [4.69, 9.17) is 0 Å². The summed E-state index contributed by atoms with van der Waals surface area (Å²) < 4.78 is 13.2. The molecule has 0 aliphatic rings. The molecule has 0 radical (unpaired) electrons. The molecule has 0 fully saturated rings. The normalized spacial score (nSPS) is 10.1. The predicted molar refractivity (Wildman–Crippen MR) is 67.2 cm³/mol. The minimum absolute atomic E-state index is 0.316. The number of carbonyl (C=O) groups is 1. The molecular formula is C14H12FNO2. The van der Waals surface area contributed by atoms with Crippen LogP contribution in [0.15, 0.2) is 42.5 Å². The molecule has 4 heteroatoms. The highest BCUT2D eigenvalue weighted by atomic mass is 19.1. The lowest BCUT2D eigenvalue weighted by Crippen LogP contribution is -2.12. The van der Waals surface area contributed by atoms with Gasteiger partial charge < -0.3 is 10.4 Å². The Balaban J connectivity index is 2.25. The first-order valence-electron chi connectivity index (χ1n) is 5.43. The molecule has 0 heterocycles. The molecule has 0 aliphatic carbocycles. The number of hydrogen-bond acceptors (Lipinski definition) is 2. The third kappa shape index (κ3) is 2.48. The van der Waals surface area contributed by atoms with Gasteiger partial charge in [-0.25, -0.2) is 4.39 Å². The largest absolute Gasteiger partial charge is 0.505 e. The Kier molecular flexibility index (Phi) is 3.28. The van der Waals surface area contributed by atoms with Gasteiger partial charge in [0, 0.05) is 17.3 Å². The maximum Gasteiger partial charge on any atom is 0.255 e. The second-order valence-corrected chi connectivity index (χ2v) is 3.94. The van der Waals surface area contributed by atoms with Crippen LogP contribution in [-0.4, -0.2) is 11.0 Å². The van der Waals surface area contributed by atoms with Gasteiger partial charge in [-0.3, -0.25) is 4.79 Å². The zero-order valence-corrected chi connectivity index (χ0v) is 9.77. The van der Waals surface area contributed by atoms with Crippen LogP contribution in [0.2, 0.25) is 0 Å². The van der Waals surface area contributed by atoms with Crippen LogP contribution in [0.3, 0.4) is 0 Å². The first kappa shape index (κ1) is 12.1. The Bertz CT molecular complexity index is 582. The number of phenolic OH excluding ortho intramolecular Hbond substituents is 1. The molecule has 2 aromatic carbocycles. The van der Waals surface area contributed by atoms with Crippen LogP contribution in [-0.2, 0) is 0 Å². The third-order valence-corrected chi connectivity index (χ3v) is 2.58. The van der Waals surface area contributed by atoms with Gasteiger partial charge in [0.1, 0.15) is 0 Å². The fourth-order valence-corrected chi connectivity index (χ4v) is 1.58. The van der Waals surface area contributed by atoms with Gasteiger partial charge in [0.15, 0.2) is 11.6 Å². The number of carbonyl (C=O) groups excluding carboxylic acids is 1. The lowest BCUT2D eigenvalue weighted by atomic mass is 10.1. The topological polar surface area (TPSA) is 49.3 Å². The van der Waals surface area contributed by atoms with Crippen molar-refractivity contribution in [3.63, 3.8) is 0 Å². The summed E-state index contributed by atoms with van der Waals surface area (Å²) in [5, 5.41) is 11.8. The van der Waals surface area contributed by atoms with Gasteiger partial charge in [-0.2, -0.15) is 0 Å². The van der Waals surface area contributed by atoms with Gasteiger partial charge in [0.25, 0.3) is 5.91 Å². The second-order valence-electron chi connectivity index (χ2n) is 3.94. The van der Waals surface area contributed by atoms with Gasteiger partial charge in [-0.05, 0) is 30.7 Å². The first-order valence-corrected chi connectivity index (χ1v) is 5.43. The highest BCUT2D eigenvalue weighted by molar-refractivity contribution is 6.04. The second kappa shape index (κ2) is 4.87. The highest BCUT2D eigenvalue weighted by Crippen LogP contribution is 2.24. The SMILES string of the molecule is Cc1cc(O)c(F)cc1NC(=O)c1ccccc1. The molecule has 0 spiro atoms. The molecule has 18 heavy (non-hydrogen) atoms. The minimum Gasteiger partial charge on any atom is -0.505 e. The van der Waals surface area contributed by atoms with Gasteiger partial charge in [0.05, 0.1) is 0 Å². The Labute approximate surface area is 104 Å².